The summed E-state index contributed by atoms with van der Waals surface area (Å²) in [7, 11) is 0. The molecule has 0 bridgehead atoms. The zero-order valence-electron chi connectivity index (χ0n) is 25.5. The second-order valence-electron chi connectivity index (χ2n) is 10.4. The molecule has 0 aliphatic heterocycles. The highest BCUT2D eigenvalue weighted by Crippen LogP contribution is 2.41. The molecule has 2 N–H and O–H groups in total. The van der Waals surface area contributed by atoms with E-state index in [0.29, 0.717) is 58.3 Å². The van der Waals surface area contributed by atoms with Crippen molar-refractivity contribution >= 4 is 41.1 Å². The third kappa shape index (κ3) is 8.61. The molecule has 0 atom stereocenters. The molecule has 0 fully saturated rings. The Bertz CT molecular complexity index is 1930. The van der Waals surface area contributed by atoms with E-state index < -0.39 is 0 Å². The number of pyridine rings is 2. The second kappa shape index (κ2) is 16.9. The van der Waals surface area contributed by atoms with Gasteiger partial charge in [-0.1, -0.05) is 83.3 Å². The van der Waals surface area contributed by atoms with Gasteiger partial charge in [-0.3, -0.25) is 9.78 Å². The molecule has 0 radical (unpaired) electrons. The van der Waals surface area contributed by atoms with E-state index in [1.54, 1.807) is 12.3 Å². The molecule has 12 heteroatoms. The number of benzene rings is 3. The predicted molar refractivity (Wildman–Crippen MR) is 185 cm³/mol. The summed E-state index contributed by atoms with van der Waals surface area (Å²) in [5.41, 5.74) is 5.01. The molecule has 0 spiro atoms. The Morgan fingerprint density at radius 1 is 0.833 bits per heavy atom. The number of carbonyl (C=O) groups is 1. The highest BCUT2D eigenvalue weighted by molar-refractivity contribution is 6.38. The maximum absolute atomic E-state index is 11.7. The Labute approximate surface area is 292 Å². The maximum atomic E-state index is 11.7. The molecule has 9 nitrogen and oxygen atoms in total. The van der Waals surface area contributed by atoms with Crippen molar-refractivity contribution in [3.05, 3.63) is 123 Å². The number of carbonyl (C=O) groups excluding carboxylic acids is 1. The second-order valence-corrected chi connectivity index (χ2v) is 11.5. The van der Waals surface area contributed by atoms with Crippen molar-refractivity contribution in [1.29, 1.82) is 5.26 Å². The highest BCUT2D eigenvalue weighted by atomic mass is 35.5. The molecule has 5 aromatic rings. The minimum absolute atomic E-state index is 0.0156. The van der Waals surface area contributed by atoms with Crippen molar-refractivity contribution < 1.29 is 24.1 Å². The average molecular weight is 704 g/mol. The van der Waals surface area contributed by atoms with Crippen LogP contribution >= 0.6 is 34.8 Å². The van der Waals surface area contributed by atoms with Crippen LogP contribution in [-0.2, 0) is 13.2 Å². The molecule has 0 aliphatic carbocycles. The molecule has 0 unspecified atom stereocenters. The number of aliphatic hydroxyl groups is 1. The van der Waals surface area contributed by atoms with Crippen molar-refractivity contribution in [2.75, 3.05) is 26.3 Å². The van der Waals surface area contributed by atoms with Crippen molar-refractivity contribution in [2.24, 2.45) is 0 Å². The van der Waals surface area contributed by atoms with Gasteiger partial charge in [0.05, 0.1) is 27.8 Å². The number of aromatic nitrogens is 2. The fourth-order valence-electron chi connectivity index (χ4n) is 4.73. The fraction of sp³-hybridized carbons (Fsp3) is 0.167. The van der Waals surface area contributed by atoms with Crippen LogP contribution in [0.5, 0.6) is 17.5 Å². The van der Waals surface area contributed by atoms with E-state index in [0.717, 1.165) is 22.4 Å². The Kier molecular flexibility index (Phi) is 12.2. The van der Waals surface area contributed by atoms with Crippen molar-refractivity contribution in [1.82, 2.24) is 15.3 Å². The largest absolute Gasteiger partial charge is 0.492 e. The van der Waals surface area contributed by atoms with Crippen LogP contribution in [0.25, 0.3) is 22.3 Å². The highest BCUT2D eigenvalue weighted by Gasteiger charge is 2.17. The number of nitriles is 1. The minimum Gasteiger partial charge on any atom is -0.492 e. The number of hydrogen-bond donors (Lipinski definition) is 2. The third-order valence-corrected chi connectivity index (χ3v) is 8.22. The molecular formula is C36H29Cl3N4O5. The van der Waals surface area contributed by atoms with Gasteiger partial charge in [0.2, 0.25) is 11.8 Å². The molecule has 3 aromatic carbocycles. The lowest BCUT2D eigenvalue weighted by Gasteiger charge is -2.15. The van der Waals surface area contributed by atoms with E-state index in [1.807, 2.05) is 66.7 Å². The van der Waals surface area contributed by atoms with Crippen LogP contribution in [-0.4, -0.2) is 47.7 Å². The molecule has 0 saturated carbocycles. The van der Waals surface area contributed by atoms with Crippen LogP contribution in [0.3, 0.4) is 0 Å². The number of aliphatic hydroxyl groups excluding tert-OH is 1. The number of halogens is 3. The summed E-state index contributed by atoms with van der Waals surface area (Å²) in [6.45, 7) is 1.75. The van der Waals surface area contributed by atoms with Gasteiger partial charge >= 0.3 is 0 Å². The Balaban J connectivity index is 1.31. The lowest BCUT2D eigenvalue weighted by atomic mass is 9.97. The van der Waals surface area contributed by atoms with Gasteiger partial charge in [-0.2, -0.15) is 10.2 Å². The summed E-state index contributed by atoms with van der Waals surface area (Å²) in [5, 5.41) is 22.2. The number of hydrogen-bond acceptors (Lipinski definition) is 9. The Morgan fingerprint density at radius 2 is 1.56 bits per heavy atom. The lowest BCUT2D eigenvalue weighted by Crippen LogP contribution is -2.23. The maximum Gasteiger partial charge on any atom is 0.236 e. The summed E-state index contributed by atoms with van der Waals surface area (Å²) in [6.07, 6.45) is 3.58. The van der Waals surface area contributed by atoms with E-state index in [-0.39, 0.29) is 42.2 Å². The molecule has 0 aliphatic rings. The molecule has 48 heavy (non-hydrogen) atoms. The molecule has 2 aromatic heterocycles. The monoisotopic (exact) mass is 702 g/mol. The smallest absolute Gasteiger partial charge is 0.236 e. The first-order valence-corrected chi connectivity index (χ1v) is 15.9. The van der Waals surface area contributed by atoms with E-state index >= 15 is 0 Å². The number of nitrogens with zero attached hydrogens (tertiary/aromatic N) is 3. The van der Waals surface area contributed by atoms with Crippen LogP contribution in [0.1, 0.15) is 27.0 Å². The first-order chi connectivity index (χ1) is 23.4. The van der Waals surface area contributed by atoms with Gasteiger partial charge < -0.3 is 24.6 Å². The van der Waals surface area contributed by atoms with E-state index in [1.165, 1.54) is 12.3 Å². The van der Waals surface area contributed by atoms with Gasteiger partial charge in [0.1, 0.15) is 36.7 Å². The number of nitrogens with one attached hydrogen (secondary N) is 1. The standard InChI is InChI=1S/C36H29Cl3N4O5/c37-32-16-27(20-45)35(47-21-24-15-23(17-40)18-42-19-24)43-36(32)48-22-26-3-1-5-30(33(26)38)31-6-2-4-29(34(31)39)25-7-9-28(10-8-25)46-14-12-41-11-13-44/h1-10,15-16,18-20,41,44H,11-14,21-22H2. The molecular weight excluding hydrogens is 675 g/mol. The third-order valence-electron chi connectivity index (χ3n) is 7.10. The molecule has 244 valence electrons. The van der Waals surface area contributed by atoms with Crippen LogP contribution in [0.4, 0.5) is 0 Å². The normalized spacial score (nSPS) is 10.7. The van der Waals surface area contributed by atoms with Crippen molar-refractivity contribution in [2.45, 2.75) is 13.2 Å². The van der Waals surface area contributed by atoms with Gasteiger partial charge in [0.15, 0.2) is 6.29 Å². The zero-order chi connectivity index (χ0) is 33.9. The first kappa shape index (κ1) is 34.6. The summed E-state index contributed by atoms with van der Waals surface area (Å²) in [5.74, 6) is 0.797. The molecule has 0 saturated heterocycles. The van der Waals surface area contributed by atoms with Crippen LogP contribution in [0, 0.1) is 11.3 Å². The summed E-state index contributed by atoms with van der Waals surface area (Å²) >= 11 is 20.3. The predicted octanol–water partition coefficient (Wildman–Crippen LogP) is 7.57. The van der Waals surface area contributed by atoms with Crippen LogP contribution in [0.15, 0.2) is 85.2 Å². The molecule has 0 amide bonds. The number of aldehydes is 1. The van der Waals surface area contributed by atoms with E-state index in [9.17, 15) is 4.79 Å². The summed E-state index contributed by atoms with van der Waals surface area (Å²) in [6, 6.07) is 24.0. The lowest BCUT2D eigenvalue weighted by molar-refractivity contribution is 0.111. The van der Waals surface area contributed by atoms with Gasteiger partial charge in [0, 0.05) is 53.3 Å². The average Bonchev–Trinajstić information content (AvgIpc) is 3.11. The van der Waals surface area contributed by atoms with Gasteiger partial charge in [0.25, 0.3) is 0 Å². The SMILES string of the molecule is N#Cc1cncc(COc2nc(OCc3cccc(-c4cccc(-c5ccc(OCCNCCO)cc5)c4Cl)c3Cl)c(Cl)cc2C=O)c1. The minimum atomic E-state index is 0.0156. The fourth-order valence-corrected chi connectivity index (χ4v) is 5.57. The summed E-state index contributed by atoms with van der Waals surface area (Å²) < 4.78 is 17.5. The number of rotatable bonds is 15. The Hall–Kier alpha value is -4.69. The van der Waals surface area contributed by atoms with Gasteiger partial charge in [-0.05, 0) is 29.8 Å². The molecule has 5 rings (SSSR count). The number of ether oxygens (including phenoxy) is 3. The van der Waals surface area contributed by atoms with Gasteiger partial charge in [-0.25, -0.2) is 0 Å². The molecule has 2 heterocycles. The van der Waals surface area contributed by atoms with Crippen molar-refractivity contribution in [3.63, 3.8) is 0 Å². The van der Waals surface area contributed by atoms with E-state index in [2.05, 4.69) is 15.3 Å². The van der Waals surface area contributed by atoms with E-state index in [4.69, 9.17) is 59.4 Å². The topological polar surface area (TPSA) is 127 Å². The summed E-state index contributed by atoms with van der Waals surface area (Å²) in [4.78, 5) is 20.1. The van der Waals surface area contributed by atoms with Crippen LogP contribution < -0.4 is 19.5 Å². The quantitative estimate of drug-likeness (QED) is 0.0839. The first-order valence-electron chi connectivity index (χ1n) is 14.8. The Morgan fingerprint density at radius 3 is 2.31 bits per heavy atom. The van der Waals surface area contributed by atoms with Crippen molar-refractivity contribution in [3.8, 4) is 45.8 Å². The zero-order valence-corrected chi connectivity index (χ0v) is 27.7. The van der Waals surface area contributed by atoms with Gasteiger partial charge in [-0.15, -0.1) is 0 Å². The van der Waals surface area contributed by atoms with Crippen LogP contribution in [0.2, 0.25) is 15.1 Å².